The fourth-order valence-electron chi connectivity index (χ4n) is 1.28. The van der Waals surface area contributed by atoms with Crippen molar-refractivity contribution in [3.05, 3.63) is 47.8 Å². The second-order valence-corrected chi connectivity index (χ2v) is 3.13. The van der Waals surface area contributed by atoms with Crippen LogP contribution in [-0.4, -0.2) is 14.9 Å². The van der Waals surface area contributed by atoms with Gasteiger partial charge in [0.2, 0.25) is 0 Å². The highest BCUT2D eigenvalue weighted by Gasteiger charge is 2.05. The van der Waals surface area contributed by atoms with Gasteiger partial charge in [-0.05, 0) is 18.2 Å². The fraction of sp³-hybridized carbons (Fsp3) is 0.100. The molecule has 1 heterocycles. The average Bonchev–Trinajstić information content (AvgIpc) is 2.58. The average molecular weight is 210 g/mol. The molecule has 0 bridgehead atoms. The number of aromatic nitrogens is 2. The molecule has 3 nitrogen and oxygen atoms in total. The minimum atomic E-state index is -0.497. The molecule has 78 valence electrons. The zero-order valence-corrected chi connectivity index (χ0v) is 7.69. The fourth-order valence-corrected chi connectivity index (χ4v) is 1.28. The molecule has 0 aliphatic carbocycles. The molecule has 0 atom stereocenters. The Hall–Kier alpha value is -1.91. The maximum atomic E-state index is 13.2. The molecule has 5 heteroatoms. The first-order valence-corrected chi connectivity index (χ1v) is 4.30. The molecule has 0 radical (unpaired) electrons. The van der Waals surface area contributed by atoms with Crippen LogP contribution in [-0.2, 0) is 6.54 Å². The number of nitrogens with zero attached hydrogens (tertiary/aromatic N) is 2. The normalized spacial score (nSPS) is 10.5. The quantitative estimate of drug-likeness (QED) is 0.822. The summed E-state index contributed by atoms with van der Waals surface area (Å²) in [6.07, 6.45) is 2.57. The molecule has 1 N–H and O–H groups in total. The van der Waals surface area contributed by atoms with Gasteiger partial charge in [0, 0.05) is 5.56 Å². The van der Waals surface area contributed by atoms with E-state index in [1.54, 1.807) is 0 Å². The second-order valence-electron chi connectivity index (χ2n) is 3.13. The van der Waals surface area contributed by atoms with E-state index >= 15 is 0 Å². The molecule has 2 aromatic rings. The molecule has 0 fully saturated rings. The van der Waals surface area contributed by atoms with Crippen LogP contribution in [0.15, 0.2) is 30.6 Å². The monoisotopic (exact) mass is 210 g/mol. The van der Waals surface area contributed by atoms with Crippen LogP contribution < -0.4 is 0 Å². The van der Waals surface area contributed by atoms with Crippen molar-refractivity contribution in [1.29, 1.82) is 0 Å². The van der Waals surface area contributed by atoms with Crippen LogP contribution >= 0.6 is 0 Å². The molecule has 1 aromatic heterocycles. The lowest BCUT2D eigenvalue weighted by Crippen LogP contribution is -2.02. The molecule has 0 amide bonds. The van der Waals surface area contributed by atoms with Gasteiger partial charge in [-0.15, -0.1) is 0 Å². The first-order chi connectivity index (χ1) is 7.15. The lowest BCUT2D eigenvalue weighted by molar-refractivity contribution is 0.474. The van der Waals surface area contributed by atoms with Crippen molar-refractivity contribution >= 4 is 0 Å². The van der Waals surface area contributed by atoms with Crippen LogP contribution in [0.2, 0.25) is 0 Å². The standard InChI is InChI=1S/C10H8F2N2O/c11-8-1-2-10(12)7(3-8)5-14-6-9(15)4-13-14/h1-4,6,15H,5H2. The SMILES string of the molecule is Oc1cnn(Cc2cc(F)ccc2F)c1. The predicted octanol–water partition coefficient (Wildman–Crippen LogP) is 1.92. The predicted molar refractivity (Wildman–Crippen MR) is 49.4 cm³/mol. The second kappa shape index (κ2) is 3.68. The number of halogens is 2. The molecular weight excluding hydrogens is 202 g/mol. The molecule has 0 saturated heterocycles. The Labute approximate surface area is 84.6 Å². The summed E-state index contributed by atoms with van der Waals surface area (Å²) in [6, 6.07) is 3.22. The van der Waals surface area contributed by atoms with Crippen molar-refractivity contribution in [3.8, 4) is 5.75 Å². The largest absolute Gasteiger partial charge is 0.505 e. The first-order valence-electron chi connectivity index (χ1n) is 4.30. The van der Waals surface area contributed by atoms with E-state index < -0.39 is 11.6 Å². The third-order valence-corrected chi connectivity index (χ3v) is 1.96. The van der Waals surface area contributed by atoms with Crippen molar-refractivity contribution in [2.24, 2.45) is 0 Å². The van der Waals surface area contributed by atoms with Gasteiger partial charge in [-0.3, -0.25) is 4.68 Å². The Morgan fingerprint density at radius 1 is 1.33 bits per heavy atom. The van der Waals surface area contributed by atoms with E-state index in [1.807, 2.05) is 0 Å². The van der Waals surface area contributed by atoms with Crippen LogP contribution in [0.25, 0.3) is 0 Å². The molecule has 0 unspecified atom stereocenters. The minimum absolute atomic E-state index is 0.00758. The van der Waals surface area contributed by atoms with Crippen molar-refractivity contribution in [2.75, 3.05) is 0 Å². The summed E-state index contributed by atoms with van der Waals surface area (Å²) < 4.78 is 27.3. The summed E-state index contributed by atoms with van der Waals surface area (Å²) in [6.45, 7) is 0.0875. The van der Waals surface area contributed by atoms with Crippen LogP contribution in [0.5, 0.6) is 5.75 Å². The summed E-state index contributed by atoms with van der Waals surface area (Å²) in [5, 5.41) is 12.8. The number of aromatic hydroxyl groups is 1. The number of rotatable bonds is 2. The van der Waals surface area contributed by atoms with Gasteiger partial charge in [-0.1, -0.05) is 0 Å². The summed E-state index contributed by atoms with van der Waals surface area (Å²) in [5.41, 5.74) is 0.193. The van der Waals surface area contributed by atoms with Crippen molar-refractivity contribution in [1.82, 2.24) is 9.78 Å². The molecular formula is C10H8F2N2O. The third-order valence-electron chi connectivity index (χ3n) is 1.96. The van der Waals surface area contributed by atoms with Gasteiger partial charge < -0.3 is 5.11 Å². The zero-order valence-electron chi connectivity index (χ0n) is 7.69. The lowest BCUT2D eigenvalue weighted by atomic mass is 10.2. The Balaban J connectivity index is 2.27. The highest BCUT2D eigenvalue weighted by atomic mass is 19.1. The molecule has 1 aromatic carbocycles. The summed E-state index contributed by atoms with van der Waals surface area (Å²) in [7, 11) is 0. The highest BCUT2D eigenvalue weighted by Crippen LogP contribution is 2.12. The number of benzene rings is 1. The van der Waals surface area contributed by atoms with Gasteiger partial charge in [0.05, 0.1) is 18.9 Å². The van der Waals surface area contributed by atoms with Crippen LogP contribution in [0.1, 0.15) is 5.56 Å². The van der Waals surface area contributed by atoms with Gasteiger partial charge >= 0.3 is 0 Å². The van der Waals surface area contributed by atoms with E-state index in [9.17, 15) is 8.78 Å². The van der Waals surface area contributed by atoms with Crippen LogP contribution in [0.4, 0.5) is 8.78 Å². The van der Waals surface area contributed by atoms with E-state index in [-0.39, 0.29) is 17.9 Å². The van der Waals surface area contributed by atoms with E-state index in [4.69, 9.17) is 5.11 Å². The van der Waals surface area contributed by atoms with Crippen LogP contribution in [0.3, 0.4) is 0 Å². The maximum Gasteiger partial charge on any atom is 0.153 e. The van der Waals surface area contributed by atoms with E-state index in [1.165, 1.54) is 17.1 Å². The maximum absolute atomic E-state index is 13.2. The van der Waals surface area contributed by atoms with E-state index in [0.717, 1.165) is 18.2 Å². The molecule has 0 aliphatic heterocycles. The molecule has 0 spiro atoms. The molecule has 2 rings (SSSR count). The smallest absolute Gasteiger partial charge is 0.153 e. The number of hydrogen-bond acceptors (Lipinski definition) is 2. The van der Waals surface area contributed by atoms with E-state index in [0.29, 0.717) is 0 Å². The highest BCUT2D eigenvalue weighted by molar-refractivity contribution is 5.19. The Kier molecular flexibility index (Phi) is 2.37. The Morgan fingerprint density at radius 3 is 2.80 bits per heavy atom. The van der Waals surface area contributed by atoms with Gasteiger partial charge in [0.25, 0.3) is 0 Å². The van der Waals surface area contributed by atoms with Gasteiger partial charge in [-0.2, -0.15) is 5.10 Å². The zero-order chi connectivity index (χ0) is 10.8. The van der Waals surface area contributed by atoms with Gasteiger partial charge in [0.15, 0.2) is 5.75 Å². The van der Waals surface area contributed by atoms with Crippen molar-refractivity contribution in [3.63, 3.8) is 0 Å². The van der Waals surface area contributed by atoms with Crippen LogP contribution in [0, 0.1) is 11.6 Å². The minimum Gasteiger partial charge on any atom is -0.505 e. The number of hydrogen-bond donors (Lipinski definition) is 1. The summed E-state index contributed by atoms with van der Waals surface area (Å²) in [5.74, 6) is -0.999. The van der Waals surface area contributed by atoms with E-state index in [2.05, 4.69) is 5.10 Å². The third kappa shape index (κ3) is 2.12. The van der Waals surface area contributed by atoms with Crippen molar-refractivity contribution in [2.45, 2.75) is 6.54 Å². The Bertz CT molecular complexity index is 482. The van der Waals surface area contributed by atoms with Crippen molar-refractivity contribution < 1.29 is 13.9 Å². The Morgan fingerprint density at radius 2 is 2.13 bits per heavy atom. The van der Waals surface area contributed by atoms with Gasteiger partial charge in [0.1, 0.15) is 11.6 Å². The summed E-state index contributed by atoms with van der Waals surface area (Å²) in [4.78, 5) is 0. The first kappa shape index (κ1) is 9.64. The van der Waals surface area contributed by atoms with Gasteiger partial charge in [-0.25, -0.2) is 8.78 Å². The molecule has 15 heavy (non-hydrogen) atoms. The molecule has 0 aliphatic rings. The molecule has 0 saturated carbocycles. The topological polar surface area (TPSA) is 38.1 Å². The summed E-state index contributed by atoms with van der Waals surface area (Å²) >= 11 is 0. The lowest BCUT2D eigenvalue weighted by Gasteiger charge is -2.03.